The number of pyridine rings is 1. The van der Waals surface area contributed by atoms with E-state index in [2.05, 4.69) is 34.1 Å². The second-order valence-electron chi connectivity index (χ2n) is 13.4. The van der Waals surface area contributed by atoms with E-state index in [1.165, 1.54) is 30.2 Å². The van der Waals surface area contributed by atoms with Gasteiger partial charge in [-0.1, -0.05) is 50.1 Å². The number of unbranched alkanes of at least 4 members (excludes halogenated alkanes) is 3. The molecule has 3 aliphatic rings. The molecule has 3 atom stereocenters. The lowest BCUT2D eigenvalue weighted by Gasteiger charge is -2.22. The Morgan fingerprint density at radius 2 is 1.82 bits per heavy atom. The van der Waals surface area contributed by atoms with Crippen LogP contribution in [0.15, 0.2) is 71.7 Å². The van der Waals surface area contributed by atoms with E-state index in [-0.39, 0.29) is 35.8 Å². The first-order valence-corrected chi connectivity index (χ1v) is 18.8. The maximum Gasteiger partial charge on any atom is 0.255 e. The molecule has 3 amide bonds. The van der Waals surface area contributed by atoms with E-state index in [1.54, 1.807) is 13.1 Å². The molecule has 5 N–H and O–H groups in total. The Morgan fingerprint density at radius 3 is 2.49 bits per heavy atom. The molecule has 2 saturated carbocycles. The SMILES string of the molecule is CCCCC/C=C\[C@@H]1C[C@@H]1C(=O)NS(=O)(=O)C1(C)CC1.NC(=O)[C@@H]1CCCN1C(=O)CNc1ccc(F)c(F)c1.O=c1[nH]ccc2ccccc12. The molecule has 1 aromatic heterocycles. The zero-order valence-electron chi connectivity index (χ0n) is 29.0. The van der Waals surface area contributed by atoms with Crippen molar-refractivity contribution in [2.45, 2.75) is 82.4 Å². The molecule has 1 saturated heterocycles. The number of sulfonamides is 1. The number of carbonyl (C=O) groups excluding carboxylic acids is 3. The molecule has 0 spiro atoms. The first kappa shape index (κ1) is 39.2. The minimum absolute atomic E-state index is 0.0249. The number of likely N-dealkylation sites (tertiary alicyclic amines) is 1. The van der Waals surface area contributed by atoms with Gasteiger partial charge in [-0.2, -0.15) is 0 Å². The highest BCUT2D eigenvalue weighted by molar-refractivity contribution is 7.91. The Balaban J connectivity index is 0.000000179. The number of carbonyl (C=O) groups is 3. The van der Waals surface area contributed by atoms with E-state index in [9.17, 15) is 36.4 Å². The Kier molecular flexibility index (Phi) is 13.5. The van der Waals surface area contributed by atoms with Crippen LogP contribution in [-0.2, 0) is 24.4 Å². The largest absolute Gasteiger partial charge is 0.376 e. The van der Waals surface area contributed by atoms with E-state index in [0.717, 1.165) is 42.2 Å². The zero-order chi connectivity index (χ0) is 37.2. The van der Waals surface area contributed by atoms with Gasteiger partial charge in [-0.05, 0) is 87.4 Å². The van der Waals surface area contributed by atoms with Gasteiger partial charge in [-0.3, -0.25) is 23.9 Å². The van der Waals surface area contributed by atoms with E-state index in [0.29, 0.717) is 31.5 Å². The molecule has 0 radical (unpaired) electrons. The summed E-state index contributed by atoms with van der Waals surface area (Å²) in [5, 5.41) is 4.43. The molecule has 11 nitrogen and oxygen atoms in total. The number of nitrogens with one attached hydrogen (secondary N) is 3. The first-order chi connectivity index (χ1) is 24.3. The average Bonchev–Trinajstić information content (AvgIpc) is 4.00. The summed E-state index contributed by atoms with van der Waals surface area (Å²) in [6.07, 6.45) is 13.9. The van der Waals surface area contributed by atoms with Crippen LogP contribution in [0.1, 0.15) is 71.6 Å². The predicted octanol–water partition coefficient (Wildman–Crippen LogP) is 5.14. The summed E-state index contributed by atoms with van der Waals surface area (Å²) in [4.78, 5) is 50.2. The normalized spacial score (nSPS) is 20.1. The van der Waals surface area contributed by atoms with Crippen molar-refractivity contribution in [3.05, 3.63) is 88.9 Å². The van der Waals surface area contributed by atoms with Crippen molar-refractivity contribution in [3.63, 3.8) is 0 Å². The van der Waals surface area contributed by atoms with Gasteiger partial charge in [0.2, 0.25) is 27.7 Å². The van der Waals surface area contributed by atoms with E-state index < -0.39 is 38.4 Å². The fourth-order valence-electron chi connectivity index (χ4n) is 5.67. The lowest BCUT2D eigenvalue weighted by atomic mass is 10.2. The van der Waals surface area contributed by atoms with Crippen LogP contribution in [0.3, 0.4) is 0 Å². The van der Waals surface area contributed by atoms with Crippen LogP contribution in [-0.4, -0.2) is 59.9 Å². The van der Waals surface area contributed by atoms with E-state index in [4.69, 9.17) is 5.73 Å². The fraction of sp³-hybridized carbons (Fsp3) is 0.459. The molecule has 0 unspecified atom stereocenters. The molecule has 3 fully saturated rings. The van der Waals surface area contributed by atoms with Crippen molar-refractivity contribution in [3.8, 4) is 0 Å². The van der Waals surface area contributed by atoms with Crippen molar-refractivity contribution >= 4 is 44.2 Å². The van der Waals surface area contributed by atoms with Crippen LogP contribution in [0.5, 0.6) is 0 Å². The van der Waals surface area contributed by atoms with Crippen molar-refractivity contribution in [1.29, 1.82) is 0 Å². The molecule has 2 heterocycles. The number of primary amides is 1. The Morgan fingerprint density at radius 1 is 1.08 bits per heavy atom. The molecule has 0 bridgehead atoms. The summed E-state index contributed by atoms with van der Waals surface area (Å²) < 4.78 is 51.2. The van der Waals surface area contributed by atoms with Gasteiger partial charge in [-0.25, -0.2) is 17.2 Å². The van der Waals surface area contributed by atoms with Gasteiger partial charge in [0.05, 0.1) is 11.3 Å². The van der Waals surface area contributed by atoms with Gasteiger partial charge in [-0.15, -0.1) is 0 Å². The van der Waals surface area contributed by atoms with Crippen molar-refractivity contribution in [1.82, 2.24) is 14.6 Å². The minimum Gasteiger partial charge on any atom is -0.376 e. The van der Waals surface area contributed by atoms with Crippen LogP contribution in [0.25, 0.3) is 10.8 Å². The third kappa shape index (κ3) is 10.9. The molecule has 3 aromatic rings. The number of anilines is 1. The first-order valence-electron chi connectivity index (χ1n) is 17.3. The molecule has 6 rings (SSSR count). The maximum absolute atomic E-state index is 13.0. The van der Waals surface area contributed by atoms with Crippen molar-refractivity contribution in [2.75, 3.05) is 18.4 Å². The predicted molar refractivity (Wildman–Crippen MR) is 193 cm³/mol. The molecular weight excluding hydrogens is 680 g/mol. The van der Waals surface area contributed by atoms with Crippen LogP contribution in [0.4, 0.5) is 14.5 Å². The monoisotopic (exact) mass is 727 g/mol. The Hall–Kier alpha value is -4.59. The highest BCUT2D eigenvalue weighted by Gasteiger charge is 2.52. The number of nitrogens with zero attached hydrogens (tertiary/aromatic N) is 1. The Bertz CT molecular complexity index is 1890. The van der Waals surface area contributed by atoms with Gasteiger partial charge in [0.25, 0.3) is 5.56 Å². The van der Waals surface area contributed by atoms with E-state index >= 15 is 0 Å². The number of nitrogens with two attached hydrogens (primary N) is 1. The number of rotatable bonds is 12. The lowest BCUT2D eigenvalue weighted by molar-refractivity contribution is -0.135. The van der Waals surface area contributed by atoms with Gasteiger partial charge in [0.15, 0.2) is 11.6 Å². The molecule has 1 aliphatic heterocycles. The summed E-state index contributed by atoms with van der Waals surface area (Å²) in [6, 6.07) is 12.1. The number of amides is 3. The van der Waals surface area contributed by atoms with Gasteiger partial charge in [0, 0.05) is 35.8 Å². The third-order valence-electron chi connectivity index (χ3n) is 9.32. The lowest BCUT2D eigenvalue weighted by Crippen LogP contribution is -2.45. The Labute approximate surface area is 297 Å². The number of fused-ring (bicyclic) bond motifs is 1. The summed E-state index contributed by atoms with van der Waals surface area (Å²) in [5.74, 6) is -2.98. The summed E-state index contributed by atoms with van der Waals surface area (Å²) in [6.45, 7) is 4.24. The van der Waals surface area contributed by atoms with Crippen LogP contribution < -0.4 is 21.3 Å². The fourth-order valence-corrected chi connectivity index (χ4v) is 6.97. The molecule has 51 heavy (non-hydrogen) atoms. The van der Waals surface area contributed by atoms with Gasteiger partial charge in [0.1, 0.15) is 6.04 Å². The minimum atomic E-state index is -3.47. The molecule has 276 valence electrons. The molecule has 2 aromatic carbocycles. The van der Waals surface area contributed by atoms with Crippen LogP contribution in [0.2, 0.25) is 0 Å². The number of aromatic nitrogens is 1. The van der Waals surface area contributed by atoms with E-state index in [1.807, 2.05) is 30.3 Å². The van der Waals surface area contributed by atoms with Crippen molar-refractivity contribution in [2.24, 2.45) is 17.6 Å². The number of hydrogen-bond acceptors (Lipinski definition) is 7. The number of H-pyrrole nitrogens is 1. The second-order valence-corrected chi connectivity index (χ2v) is 15.6. The second kappa shape index (κ2) is 17.6. The topological polar surface area (TPSA) is 172 Å². The number of halogens is 2. The van der Waals surface area contributed by atoms with Crippen LogP contribution in [0, 0.1) is 23.5 Å². The standard InChI is InChI=1S/C15H25NO3S.C13H15F2N3O2.C9H7NO/c1-3-4-5-6-7-8-12-11-13(12)14(17)16-20(18,19)15(2)9-10-15;14-9-4-3-8(6-10(9)15)17-7-12(19)18-5-1-2-11(18)13(16)20;11-9-8-4-2-1-3-7(8)5-6-10-9/h7-8,12-13H,3-6,9-11H2,1-2H3,(H,16,17);3-4,6,11,17H,1-2,5,7H2,(H2,16,20);1-6H,(H,10,11)/b8-7-;;/t12-,13+;11-;/m10./s1. The highest BCUT2D eigenvalue weighted by atomic mass is 32.2. The summed E-state index contributed by atoms with van der Waals surface area (Å²) >= 11 is 0. The number of aromatic amines is 1. The number of hydrogen-bond donors (Lipinski definition) is 4. The quantitative estimate of drug-likeness (QED) is 0.148. The van der Waals surface area contributed by atoms with Gasteiger partial charge >= 0.3 is 0 Å². The van der Waals surface area contributed by atoms with Crippen molar-refractivity contribution < 1.29 is 31.6 Å². The smallest absolute Gasteiger partial charge is 0.255 e. The summed E-state index contributed by atoms with van der Waals surface area (Å²) in [7, 11) is -3.47. The number of allylic oxidation sites excluding steroid dienone is 2. The molecule has 14 heteroatoms. The van der Waals surface area contributed by atoms with Crippen LogP contribution >= 0.6 is 0 Å². The third-order valence-corrected chi connectivity index (χ3v) is 11.5. The number of benzene rings is 2. The van der Waals surface area contributed by atoms with Gasteiger partial charge < -0.3 is 20.9 Å². The molecular formula is C37H47F2N5O6S. The highest BCUT2D eigenvalue weighted by Crippen LogP contribution is 2.44. The average molecular weight is 728 g/mol. The maximum atomic E-state index is 13.0. The zero-order valence-corrected chi connectivity index (χ0v) is 29.8. The molecule has 2 aliphatic carbocycles. The summed E-state index contributed by atoms with van der Waals surface area (Å²) in [5.41, 5.74) is 5.50.